The molecule has 0 amide bonds. The second-order valence-electron chi connectivity index (χ2n) is 4.78. The van der Waals surface area contributed by atoms with E-state index in [2.05, 4.69) is 41.7 Å². The summed E-state index contributed by atoms with van der Waals surface area (Å²) in [6, 6.07) is 5.88. The zero-order chi connectivity index (χ0) is 11.4. The summed E-state index contributed by atoms with van der Waals surface area (Å²) in [6.07, 6.45) is 3.96. The van der Waals surface area contributed by atoms with Gasteiger partial charge in [-0.2, -0.15) is 0 Å². The fourth-order valence-corrected chi connectivity index (χ4v) is 2.67. The van der Waals surface area contributed by atoms with Crippen molar-refractivity contribution in [3.8, 4) is 0 Å². The molecule has 0 radical (unpaired) electrons. The van der Waals surface area contributed by atoms with Gasteiger partial charge in [0.15, 0.2) is 0 Å². The Kier molecular flexibility index (Phi) is 4.38. The van der Waals surface area contributed by atoms with Crippen molar-refractivity contribution in [3.63, 3.8) is 0 Å². The van der Waals surface area contributed by atoms with Crippen molar-refractivity contribution in [2.24, 2.45) is 0 Å². The van der Waals surface area contributed by atoms with Crippen LogP contribution in [0, 0.1) is 0 Å². The highest BCUT2D eigenvalue weighted by atomic mass is 32.1. The second kappa shape index (κ2) is 5.80. The van der Waals surface area contributed by atoms with Crippen molar-refractivity contribution >= 4 is 11.3 Å². The third-order valence-electron chi connectivity index (χ3n) is 3.39. The smallest absolute Gasteiger partial charge is 0.0192 e. The van der Waals surface area contributed by atoms with Crippen LogP contribution in [-0.4, -0.2) is 37.1 Å². The maximum absolute atomic E-state index is 3.55. The summed E-state index contributed by atoms with van der Waals surface area (Å²) in [5.41, 5.74) is 0. The van der Waals surface area contributed by atoms with Gasteiger partial charge in [0.2, 0.25) is 0 Å². The summed E-state index contributed by atoms with van der Waals surface area (Å²) in [7, 11) is 2.25. The van der Waals surface area contributed by atoms with Crippen molar-refractivity contribution < 1.29 is 0 Å². The Morgan fingerprint density at radius 2 is 2.38 bits per heavy atom. The van der Waals surface area contributed by atoms with Gasteiger partial charge < -0.3 is 5.32 Å². The molecule has 0 bridgehead atoms. The van der Waals surface area contributed by atoms with E-state index in [0.29, 0.717) is 6.04 Å². The Morgan fingerprint density at radius 3 is 3.00 bits per heavy atom. The molecule has 1 atom stereocenters. The van der Waals surface area contributed by atoms with E-state index < -0.39 is 0 Å². The largest absolute Gasteiger partial charge is 0.315 e. The van der Waals surface area contributed by atoms with Gasteiger partial charge in [0.1, 0.15) is 0 Å². The van der Waals surface area contributed by atoms with Gasteiger partial charge in [-0.25, -0.2) is 0 Å². The number of hydrogen-bond acceptors (Lipinski definition) is 3. The predicted octanol–water partition coefficient (Wildman–Crippen LogP) is 2.36. The quantitative estimate of drug-likeness (QED) is 0.734. The highest BCUT2D eigenvalue weighted by Gasteiger charge is 2.28. The summed E-state index contributed by atoms with van der Waals surface area (Å²) in [5, 5.41) is 5.70. The zero-order valence-electron chi connectivity index (χ0n) is 10.3. The van der Waals surface area contributed by atoms with E-state index in [0.717, 1.165) is 25.6 Å². The second-order valence-corrected chi connectivity index (χ2v) is 5.81. The average Bonchev–Trinajstić information content (AvgIpc) is 3.01. The van der Waals surface area contributed by atoms with Crippen molar-refractivity contribution in [1.82, 2.24) is 10.2 Å². The van der Waals surface area contributed by atoms with Gasteiger partial charge in [-0.3, -0.25) is 4.90 Å². The highest BCUT2D eigenvalue weighted by Crippen LogP contribution is 2.26. The topological polar surface area (TPSA) is 15.3 Å². The van der Waals surface area contributed by atoms with Crippen LogP contribution in [0.2, 0.25) is 0 Å². The third kappa shape index (κ3) is 3.58. The molecule has 16 heavy (non-hydrogen) atoms. The van der Waals surface area contributed by atoms with Crippen molar-refractivity contribution in [3.05, 3.63) is 22.4 Å². The van der Waals surface area contributed by atoms with Gasteiger partial charge in [-0.15, -0.1) is 11.3 Å². The molecule has 3 heteroatoms. The van der Waals surface area contributed by atoms with E-state index in [-0.39, 0.29) is 0 Å². The molecule has 1 unspecified atom stereocenters. The molecule has 0 aromatic carbocycles. The number of nitrogens with one attached hydrogen (secondary N) is 1. The van der Waals surface area contributed by atoms with Crippen LogP contribution in [0.4, 0.5) is 0 Å². The number of rotatable bonds is 7. The van der Waals surface area contributed by atoms with Gasteiger partial charge >= 0.3 is 0 Å². The summed E-state index contributed by atoms with van der Waals surface area (Å²) in [6.45, 7) is 4.53. The summed E-state index contributed by atoms with van der Waals surface area (Å²) >= 11 is 1.85. The number of hydrogen-bond donors (Lipinski definition) is 1. The van der Waals surface area contributed by atoms with Gasteiger partial charge in [0, 0.05) is 30.1 Å². The molecule has 0 saturated heterocycles. The van der Waals surface area contributed by atoms with Crippen LogP contribution in [0.3, 0.4) is 0 Å². The van der Waals surface area contributed by atoms with E-state index in [1.54, 1.807) is 0 Å². The molecule has 1 aliphatic carbocycles. The summed E-state index contributed by atoms with van der Waals surface area (Å²) in [5.74, 6) is 0. The first-order valence-electron chi connectivity index (χ1n) is 6.22. The average molecular weight is 238 g/mol. The molecule has 1 aromatic rings. The van der Waals surface area contributed by atoms with E-state index >= 15 is 0 Å². The third-order valence-corrected chi connectivity index (χ3v) is 4.32. The first-order chi connectivity index (χ1) is 7.77. The van der Waals surface area contributed by atoms with Crippen LogP contribution in [0.15, 0.2) is 17.5 Å². The SMILES string of the molecule is CC(CNCCc1cccs1)N(C)C1CC1. The van der Waals surface area contributed by atoms with Crippen molar-refractivity contribution in [1.29, 1.82) is 0 Å². The van der Waals surface area contributed by atoms with Gasteiger partial charge in [0.25, 0.3) is 0 Å². The Bertz CT molecular complexity index is 293. The van der Waals surface area contributed by atoms with Gasteiger partial charge in [0.05, 0.1) is 0 Å². The molecule has 90 valence electrons. The molecule has 1 aromatic heterocycles. The monoisotopic (exact) mass is 238 g/mol. The van der Waals surface area contributed by atoms with Crippen molar-refractivity contribution in [2.75, 3.05) is 20.1 Å². The molecular weight excluding hydrogens is 216 g/mol. The molecule has 1 fully saturated rings. The van der Waals surface area contributed by atoms with E-state index in [4.69, 9.17) is 0 Å². The van der Waals surface area contributed by atoms with E-state index in [9.17, 15) is 0 Å². The maximum atomic E-state index is 3.55. The molecule has 1 heterocycles. The number of likely N-dealkylation sites (N-methyl/N-ethyl adjacent to an activating group) is 1. The van der Waals surface area contributed by atoms with Crippen LogP contribution < -0.4 is 5.32 Å². The normalized spacial score (nSPS) is 17.9. The summed E-state index contributed by atoms with van der Waals surface area (Å²) < 4.78 is 0. The standard InChI is InChI=1S/C13H22N2S/c1-11(15(2)12-5-6-12)10-14-8-7-13-4-3-9-16-13/h3-4,9,11-12,14H,5-8,10H2,1-2H3. The van der Waals surface area contributed by atoms with Crippen LogP contribution in [0.5, 0.6) is 0 Å². The van der Waals surface area contributed by atoms with Crippen LogP contribution >= 0.6 is 11.3 Å². The molecule has 1 aliphatic rings. The Labute approximate surface area is 103 Å². The first-order valence-corrected chi connectivity index (χ1v) is 7.10. The lowest BCUT2D eigenvalue weighted by Gasteiger charge is -2.24. The lowest BCUT2D eigenvalue weighted by atomic mass is 10.2. The minimum atomic E-state index is 0.663. The van der Waals surface area contributed by atoms with Crippen LogP contribution in [0.25, 0.3) is 0 Å². The Hall–Kier alpha value is -0.380. The molecule has 0 spiro atoms. The van der Waals surface area contributed by atoms with Crippen LogP contribution in [-0.2, 0) is 6.42 Å². The lowest BCUT2D eigenvalue weighted by Crippen LogP contribution is -2.39. The van der Waals surface area contributed by atoms with Crippen molar-refractivity contribution in [2.45, 2.75) is 38.3 Å². The highest BCUT2D eigenvalue weighted by molar-refractivity contribution is 7.09. The Morgan fingerprint density at radius 1 is 1.56 bits per heavy atom. The molecule has 2 rings (SSSR count). The molecule has 1 saturated carbocycles. The van der Waals surface area contributed by atoms with Gasteiger partial charge in [-0.05, 0) is 44.7 Å². The van der Waals surface area contributed by atoms with Gasteiger partial charge in [-0.1, -0.05) is 6.07 Å². The fourth-order valence-electron chi connectivity index (χ4n) is 1.96. The minimum Gasteiger partial charge on any atom is -0.315 e. The molecule has 0 aliphatic heterocycles. The first kappa shape index (κ1) is 12.1. The molecule has 2 nitrogen and oxygen atoms in total. The lowest BCUT2D eigenvalue weighted by molar-refractivity contribution is 0.242. The fraction of sp³-hybridized carbons (Fsp3) is 0.692. The number of thiophene rings is 1. The predicted molar refractivity (Wildman–Crippen MR) is 71.1 cm³/mol. The summed E-state index contributed by atoms with van der Waals surface area (Å²) in [4.78, 5) is 3.99. The number of nitrogens with zero attached hydrogens (tertiary/aromatic N) is 1. The minimum absolute atomic E-state index is 0.663. The van der Waals surface area contributed by atoms with E-state index in [1.165, 1.54) is 17.7 Å². The van der Waals surface area contributed by atoms with Crippen LogP contribution in [0.1, 0.15) is 24.6 Å². The maximum Gasteiger partial charge on any atom is 0.0192 e. The molecule has 1 N–H and O–H groups in total. The molecular formula is C13H22N2S. The zero-order valence-corrected chi connectivity index (χ0v) is 11.1. The van der Waals surface area contributed by atoms with E-state index in [1.807, 2.05) is 11.3 Å². The Balaban J connectivity index is 1.57.